The van der Waals surface area contributed by atoms with Gasteiger partial charge in [-0.05, 0) is 12.1 Å². The quantitative estimate of drug-likeness (QED) is 0.834. The van der Waals surface area contributed by atoms with Gasteiger partial charge in [0, 0.05) is 18.2 Å². The number of ether oxygens (including phenoxy) is 1. The molecule has 0 saturated carbocycles. The van der Waals surface area contributed by atoms with Gasteiger partial charge in [0.15, 0.2) is 5.78 Å². The molecule has 108 valence electrons. The monoisotopic (exact) mass is 285 g/mol. The Balaban J connectivity index is 2.11. The Bertz CT molecular complexity index is 515. The van der Waals surface area contributed by atoms with Crippen LogP contribution in [0.3, 0.4) is 0 Å². The first-order chi connectivity index (χ1) is 9.47. The number of carboxylic acids is 1. The lowest BCUT2D eigenvalue weighted by Gasteiger charge is -2.32. The van der Waals surface area contributed by atoms with Gasteiger partial charge < -0.3 is 9.84 Å². The molecule has 1 saturated heterocycles. The van der Waals surface area contributed by atoms with Crippen molar-refractivity contribution < 1.29 is 28.2 Å². The zero-order valence-corrected chi connectivity index (χ0v) is 10.5. The molecular weight excluding hydrogens is 272 g/mol. The lowest BCUT2D eigenvalue weighted by Crippen LogP contribution is -2.51. The van der Waals surface area contributed by atoms with Crippen LogP contribution in [0.4, 0.5) is 8.78 Å². The number of hydrogen-bond acceptors (Lipinski definition) is 4. The summed E-state index contributed by atoms with van der Waals surface area (Å²) < 4.78 is 31.1. The number of carboxylic acid groups (broad SMARTS) is 1. The highest BCUT2D eigenvalue weighted by Gasteiger charge is 2.30. The number of Topliss-reactive ketones (excluding diaryl/α,β-unsaturated/α-hetero) is 1. The first kappa shape index (κ1) is 14.5. The lowest BCUT2D eigenvalue weighted by molar-refractivity contribution is -0.149. The van der Waals surface area contributed by atoms with Gasteiger partial charge in [-0.1, -0.05) is 0 Å². The zero-order chi connectivity index (χ0) is 14.7. The SMILES string of the molecule is O=C(CN1CCOC[C@@H]1C(=O)O)c1cc(F)cc(F)c1. The summed E-state index contributed by atoms with van der Waals surface area (Å²) in [5.41, 5.74) is -0.113. The molecule has 0 radical (unpaired) electrons. The third-order valence-corrected chi connectivity index (χ3v) is 3.06. The van der Waals surface area contributed by atoms with Crippen molar-refractivity contribution >= 4 is 11.8 Å². The van der Waals surface area contributed by atoms with E-state index in [2.05, 4.69) is 0 Å². The number of aliphatic carboxylic acids is 1. The van der Waals surface area contributed by atoms with E-state index in [0.717, 1.165) is 12.1 Å². The average molecular weight is 285 g/mol. The molecule has 1 heterocycles. The molecule has 0 spiro atoms. The molecule has 7 heteroatoms. The lowest BCUT2D eigenvalue weighted by atomic mass is 10.1. The number of rotatable bonds is 4. The smallest absolute Gasteiger partial charge is 0.323 e. The highest BCUT2D eigenvalue weighted by atomic mass is 19.1. The number of morpholine rings is 1. The van der Waals surface area contributed by atoms with Crippen molar-refractivity contribution in [3.63, 3.8) is 0 Å². The van der Waals surface area contributed by atoms with Crippen LogP contribution < -0.4 is 0 Å². The molecule has 20 heavy (non-hydrogen) atoms. The summed E-state index contributed by atoms with van der Waals surface area (Å²) >= 11 is 0. The number of ketones is 1. The first-order valence-electron chi connectivity index (χ1n) is 6.01. The zero-order valence-electron chi connectivity index (χ0n) is 10.5. The van der Waals surface area contributed by atoms with E-state index in [1.807, 2.05) is 0 Å². The summed E-state index contributed by atoms with van der Waals surface area (Å²) in [5, 5.41) is 9.03. The summed E-state index contributed by atoms with van der Waals surface area (Å²) in [4.78, 5) is 24.4. The van der Waals surface area contributed by atoms with Crippen molar-refractivity contribution in [1.29, 1.82) is 0 Å². The largest absolute Gasteiger partial charge is 0.480 e. The summed E-state index contributed by atoms with van der Waals surface area (Å²) in [6, 6.07) is 1.61. The van der Waals surface area contributed by atoms with E-state index < -0.39 is 29.4 Å². The second-order valence-electron chi connectivity index (χ2n) is 4.48. The maximum atomic E-state index is 13.1. The summed E-state index contributed by atoms with van der Waals surface area (Å²) in [6.07, 6.45) is 0. The Morgan fingerprint density at radius 1 is 1.30 bits per heavy atom. The number of carbonyl (C=O) groups excluding carboxylic acids is 1. The fraction of sp³-hybridized carbons (Fsp3) is 0.385. The van der Waals surface area contributed by atoms with Crippen LogP contribution in [0.2, 0.25) is 0 Å². The maximum Gasteiger partial charge on any atom is 0.323 e. The fourth-order valence-electron chi connectivity index (χ4n) is 2.05. The second kappa shape index (κ2) is 6.06. The fourth-order valence-corrected chi connectivity index (χ4v) is 2.05. The van der Waals surface area contributed by atoms with Gasteiger partial charge in [0.2, 0.25) is 0 Å². The molecule has 1 fully saturated rings. The molecule has 1 N–H and O–H groups in total. The van der Waals surface area contributed by atoms with Crippen LogP contribution in [-0.4, -0.2) is 54.1 Å². The highest BCUT2D eigenvalue weighted by molar-refractivity contribution is 5.97. The minimum Gasteiger partial charge on any atom is -0.480 e. The van der Waals surface area contributed by atoms with E-state index in [1.54, 1.807) is 0 Å². The van der Waals surface area contributed by atoms with Crippen molar-refractivity contribution in [1.82, 2.24) is 4.90 Å². The minimum absolute atomic E-state index is 0.0138. The van der Waals surface area contributed by atoms with Gasteiger partial charge in [-0.3, -0.25) is 14.5 Å². The number of carbonyl (C=O) groups is 2. The molecule has 0 unspecified atom stereocenters. The van der Waals surface area contributed by atoms with Crippen LogP contribution in [-0.2, 0) is 9.53 Å². The summed E-state index contributed by atoms with van der Waals surface area (Å²) in [7, 11) is 0. The molecular formula is C13H13F2NO4. The standard InChI is InChI=1S/C13H13F2NO4/c14-9-3-8(4-10(15)5-9)12(17)6-16-1-2-20-7-11(16)13(18)19/h3-5,11H,1-2,6-7H2,(H,18,19)/t11-/m1/s1. The molecule has 0 bridgehead atoms. The number of hydrogen-bond donors (Lipinski definition) is 1. The Morgan fingerprint density at radius 3 is 2.55 bits per heavy atom. The molecule has 2 rings (SSSR count). The Kier molecular flexibility index (Phi) is 4.41. The van der Waals surface area contributed by atoms with E-state index in [0.29, 0.717) is 12.7 Å². The van der Waals surface area contributed by atoms with Gasteiger partial charge in [0.1, 0.15) is 17.7 Å². The van der Waals surface area contributed by atoms with Gasteiger partial charge in [0.05, 0.1) is 19.8 Å². The highest BCUT2D eigenvalue weighted by Crippen LogP contribution is 2.12. The number of benzene rings is 1. The van der Waals surface area contributed by atoms with Crippen molar-refractivity contribution in [3.05, 3.63) is 35.4 Å². The first-order valence-corrected chi connectivity index (χ1v) is 6.01. The molecule has 0 aromatic heterocycles. The second-order valence-corrected chi connectivity index (χ2v) is 4.48. The normalized spacial score (nSPS) is 19.8. The van der Waals surface area contributed by atoms with Gasteiger partial charge in [-0.15, -0.1) is 0 Å². The molecule has 5 nitrogen and oxygen atoms in total. The van der Waals surface area contributed by atoms with Crippen molar-refractivity contribution in [3.8, 4) is 0 Å². The predicted octanol–water partition coefficient (Wildman–Crippen LogP) is 0.933. The molecule has 0 aliphatic carbocycles. The third kappa shape index (κ3) is 3.37. The Morgan fingerprint density at radius 2 is 1.95 bits per heavy atom. The number of nitrogens with zero attached hydrogens (tertiary/aromatic N) is 1. The van der Waals surface area contributed by atoms with Crippen LogP contribution in [0.5, 0.6) is 0 Å². The Labute approximate surface area is 113 Å². The van der Waals surface area contributed by atoms with Crippen LogP contribution in [0, 0.1) is 11.6 Å². The van der Waals surface area contributed by atoms with Crippen LogP contribution in [0.25, 0.3) is 0 Å². The third-order valence-electron chi connectivity index (χ3n) is 3.06. The number of halogens is 2. The van der Waals surface area contributed by atoms with Crippen LogP contribution >= 0.6 is 0 Å². The van der Waals surface area contributed by atoms with Crippen LogP contribution in [0.1, 0.15) is 10.4 Å². The van der Waals surface area contributed by atoms with Gasteiger partial charge in [0.25, 0.3) is 0 Å². The molecule has 1 aliphatic heterocycles. The minimum atomic E-state index is -1.09. The molecule has 1 atom stereocenters. The van der Waals surface area contributed by atoms with E-state index in [1.165, 1.54) is 4.90 Å². The van der Waals surface area contributed by atoms with Gasteiger partial charge in [-0.2, -0.15) is 0 Å². The van der Waals surface area contributed by atoms with Crippen molar-refractivity contribution in [2.45, 2.75) is 6.04 Å². The Hall–Kier alpha value is -1.86. The maximum absolute atomic E-state index is 13.1. The van der Waals surface area contributed by atoms with E-state index in [-0.39, 0.29) is 25.3 Å². The van der Waals surface area contributed by atoms with E-state index >= 15 is 0 Å². The van der Waals surface area contributed by atoms with Crippen molar-refractivity contribution in [2.24, 2.45) is 0 Å². The van der Waals surface area contributed by atoms with Crippen LogP contribution in [0.15, 0.2) is 18.2 Å². The summed E-state index contributed by atoms with van der Waals surface area (Å²) in [6.45, 7) is 0.360. The summed E-state index contributed by atoms with van der Waals surface area (Å²) in [5.74, 6) is -3.31. The predicted molar refractivity (Wildman–Crippen MR) is 64.5 cm³/mol. The molecule has 0 amide bonds. The molecule has 1 aliphatic rings. The topological polar surface area (TPSA) is 66.8 Å². The average Bonchev–Trinajstić information content (AvgIpc) is 2.37. The van der Waals surface area contributed by atoms with E-state index in [9.17, 15) is 18.4 Å². The van der Waals surface area contributed by atoms with E-state index in [4.69, 9.17) is 9.84 Å². The van der Waals surface area contributed by atoms with Gasteiger partial charge >= 0.3 is 5.97 Å². The molecule has 1 aromatic rings. The van der Waals surface area contributed by atoms with Gasteiger partial charge in [-0.25, -0.2) is 8.78 Å². The van der Waals surface area contributed by atoms with Crippen molar-refractivity contribution in [2.75, 3.05) is 26.3 Å². The molecule has 1 aromatic carbocycles.